The summed E-state index contributed by atoms with van der Waals surface area (Å²) >= 11 is 0. The fraction of sp³-hybridized carbons (Fsp3) is 0.308. The van der Waals surface area contributed by atoms with Gasteiger partial charge in [0.05, 0.1) is 7.11 Å². The molecule has 15 heavy (non-hydrogen) atoms. The third-order valence-corrected chi connectivity index (χ3v) is 2.05. The number of ketones is 1. The Morgan fingerprint density at radius 1 is 1.47 bits per heavy atom. The molecule has 0 radical (unpaired) electrons. The van der Waals surface area contributed by atoms with Gasteiger partial charge in [0.1, 0.15) is 5.75 Å². The van der Waals surface area contributed by atoms with E-state index in [9.17, 15) is 4.79 Å². The van der Waals surface area contributed by atoms with Crippen LogP contribution in [0.15, 0.2) is 24.3 Å². The maximum Gasteiger partial charge on any atom is 0.163 e. The van der Waals surface area contributed by atoms with Crippen LogP contribution in [0.1, 0.15) is 30.1 Å². The SMILES string of the molecule is CC#CCCC(=O)c1cccc(OC)c1. The van der Waals surface area contributed by atoms with Crippen LogP contribution in [-0.4, -0.2) is 12.9 Å². The second-order valence-electron chi connectivity index (χ2n) is 3.08. The lowest BCUT2D eigenvalue weighted by atomic mass is 10.1. The molecule has 0 aromatic heterocycles. The molecule has 0 aliphatic rings. The van der Waals surface area contributed by atoms with Crippen molar-refractivity contribution in [1.82, 2.24) is 0 Å². The van der Waals surface area contributed by atoms with Crippen LogP contribution in [0.2, 0.25) is 0 Å². The van der Waals surface area contributed by atoms with E-state index in [2.05, 4.69) is 11.8 Å². The number of carbonyl (C=O) groups excluding carboxylic acids is 1. The van der Waals surface area contributed by atoms with Crippen molar-refractivity contribution in [2.45, 2.75) is 19.8 Å². The van der Waals surface area contributed by atoms with Gasteiger partial charge in [-0.1, -0.05) is 12.1 Å². The lowest BCUT2D eigenvalue weighted by Gasteiger charge is -2.02. The normalized spacial score (nSPS) is 8.93. The van der Waals surface area contributed by atoms with E-state index in [0.29, 0.717) is 24.2 Å². The predicted octanol–water partition coefficient (Wildman–Crippen LogP) is 2.68. The van der Waals surface area contributed by atoms with E-state index in [0.717, 1.165) is 0 Å². The summed E-state index contributed by atoms with van der Waals surface area (Å²) in [6, 6.07) is 7.19. The van der Waals surface area contributed by atoms with Gasteiger partial charge in [-0.2, -0.15) is 0 Å². The Hall–Kier alpha value is -1.75. The molecule has 0 N–H and O–H groups in total. The van der Waals surface area contributed by atoms with Crippen molar-refractivity contribution >= 4 is 5.78 Å². The molecule has 0 heterocycles. The lowest BCUT2D eigenvalue weighted by Crippen LogP contribution is -1.98. The van der Waals surface area contributed by atoms with Gasteiger partial charge in [-0.25, -0.2) is 0 Å². The van der Waals surface area contributed by atoms with E-state index < -0.39 is 0 Å². The molecule has 0 amide bonds. The third kappa shape index (κ3) is 3.47. The van der Waals surface area contributed by atoms with Crippen LogP contribution >= 0.6 is 0 Å². The molecule has 0 saturated heterocycles. The molecule has 0 fully saturated rings. The molecule has 0 aliphatic carbocycles. The zero-order chi connectivity index (χ0) is 11.1. The van der Waals surface area contributed by atoms with Gasteiger partial charge in [0.15, 0.2) is 5.78 Å². The van der Waals surface area contributed by atoms with Crippen LogP contribution in [0.4, 0.5) is 0 Å². The highest BCUT2D eigenvalue weighted by molar-refractivity contribution is 5.96. The van der Waals surface area contributed by atoms with Crippen molar-refractivity contribution in [3.63, 3.8) is 0 Å². The topological polar surface area (TPSA) is 26.3 Å². The zero-order valence-corrected chi connectivity index (χ0v) is 9.04. The molecule has 0 bridgehead atoms. The van der Waals surface area contributed by atoms with Gasteiger partial charge in [0, 0.05) is 18.4 Å². The first kappa shape index (κ1) is 11.3. The van der Waals surface area contributed by atoms with E-state index in [4.69, 9.17) is 4.74 Å². The van der Waals surface area contributed by atoms with Crippen molar-refractivity contribution in [2.75, 3.05) is 7.11 Å². The van der Waals surface area contributed by atoms with Crippen LogP contribution in [0.3, 0.4) is 0 Å². The molecule has 1 aromatic rings. The van der Waals surface area contributed by atoms with Gasteiger partial charge in [-0.05, 0) is 19.1 Å². The van der Waals surface area contributed by atoms with Crippen molar-refractivity contribution in [1.29, 1.82) is 0 Å². The smallest absolute Gasteiger partial charge is 0.163 e. The number of ether oxygens (including phenoxy) is 1. The Bertz CT molecular complexity index is 396. The van der Waals surface area contributed by atoms with Crippen LogP contribution in [0.5, 0.6) is 5.75 Å². The molecule has 2 heteroatoms. The van der Waals surface area contributed by atoms with Gasteiger partial charge in [0.2, 0.25) is 0 Å². The Morgan fingerprint density at radius 2 is 2.27 bits per heavy atom. The van der Waals surface area contributed by atoms with Crippen molar-refractivity contribution in [3.8, 4) is 17.6 Å². The van der Waals surface area contributed by atoms with Gasteiger partial charge in [-0.3, -0.25) is 4.79 Å². The summed E-state index contributed by atoms with van der Waals surface area (Å²) in [7, 11) is 1.59. The first-order valence-corrected chi connectivity index (χ1v) is 4.84. The number of hydrogen-bond donors (Lipinski definition) is 0. The van der Waals surface area contributed by atoms with E-state index in [1.54, 1.807) is 26.2 Å². The van der Waals surface area contributed by atoms with Crippen LogP contribution in [0, 0.1) is 11.8 Å². The van der Waals surface area contributed by atoms with Crippen LogP contribution in [-0.2, 0) is 0 Å². The molecular weight excluding hydrogens is 188 g/mol. The fourth-order valence-corrected chi connectivity index (χ4v) is 1.24. The quantitative estimate of drug-likeness (QED) is 0.554. The van der Waals surface area contributed by atoms with Crippen molar-refractivity contribution < 1.29 is 9.53 Å². The Labute approximate surface area is 90.3 Å². The highest BCUT2D eigenvalue weighted by Crippen LogP contribution is 2.14. The van der Waals surface area contributed by atoms with E-state index in [1.165, 1.54) is 0 Å². The van der Waals surface area contributed by atoms with E-state index in [1.807, 2.05) is 12.1 Å². The summed E-state index contributed by atoms with van der Waals surface area (Å²) in [5, 5.41) is 0. The second-order valence-corrected chi connectivity index (χ2v) is 3.08. The predicted molar refractivity (Wildman–Crippen MR) is 60.0 cm³/mol. The third-order valence-electron chi connectivity index (χ3n) is 2.05. The lowest BCUT2D eigenvalue weighted by molar-refractivity contribution is 0.0984. The molecule has 2 nitrogen and oxygen atoms in total. The molecule has 78 valence electrons. The maximum atomic E-state index is 11.7. The Morgan fingerprint density at radius 3 is 2.93 bits per heavy atom. The summed E-state index contributed by atoms with van der Waals surface area (Å²) in [6.07, 6.45) is 1.08. The number of rotatable bonds is 4. The largest absolute Gasteiger partial charge is 0.497 e. The van der Waals surface area contributed by atoms with Gasteiger partial charge < -0.3 is 4.74 Å². The Kier molecular flexibility index (Phi) is 4.43. The number of methoxy groups -OCH3 is 1. The summed E-state index contributed by atoms with van der Waals surface area (Å²) < 4.78 is 5.05. The van der Waals surface area contributed by atoms with Crippen LogP contribution < -0.4 is 4.74 Å². The summed E-state index contributed by atoms with van der Waals surface area (Å²) in [4.78, 5) is 11.7. The summed E-state index contributed by atoms with van der Waals surface area (Å²) in [6.45, 7) is 1.77. The summed E-state index contributed by atoms with van der Waals surface area (Å²) in [5.41, 5.74) is 0.687. The highest BCUT2D eigenvalue weighted by atomic mass is 16.5. The number of hydrogen-bond acceptors (Lipinski definition) is 2. The average Bonchev–Trinajstić information content (AvgIpc) is 2.29. The first-order chi connectivity index (χ1) is 7.27. The van der Waals surface area contributed by atoms with Crippen molar-refractivity contribution in [2.24, 2.45) is 0 Å². The molecule has 0 spiro atoms. The highest BCUT2D eigenvalue weighted by Gasteiger charge is 2.05. The first-order valence-electron chi connectivity index (χ1n) is 4.84. The monoisotopic (exact) mass is 202 g/mol. The molecule has 1 rings (SSSR count). The fourth-order valence-electron chi connectivity index (χ4n) is 1.24. The van der Waals surface area contributed by atoms with Gasteiger partial charge in [-0.15, -0.1) is 11.8 Å². The zero-order valence-electron chi connectivity index (χ0n) is 9.04. The average molecular weight is 202 g/mol. The Balaban J connectivity index is 2.67. The molecule has 0 atom stereocenters. The molecule has 0 saturated carbocycles. The molecule has 1 aromatic carbocycles. The molecule has 0 aliphatic heterocycles. The van der Waals surface area contributed by atoms with Gasteiger partial charge >= 0.3 is 0 Å². The molecular formula is C13H14O2. The number of Topliss-reactive ketones (excluding diaryl/α,β-unsaturated/α-hetero) is 1. The minimum atomic E-state index is 0.108. The second kappa shape index (κ2) is 5.87. The number of carbonyl (C=O) groups is 1. The van der Waals surface area contributed by atoms with Gasteiger partial charge in [0.25, 0.3) is 0 Å². The maximum absolute atomic E-state index is 11.7. The standard InChI is InChI=1S/C13H14O2/c1-3-4-5-9-13(14)11-7-6-8-12(10-11)15-2/h6-8,10H,5,9H2,1-2H3. The molecule has 0 unspecified atom stereocenters. The van der Waals surface area contributed by atoms with Crippen LogP contribution in [0.25, 0.3) is 0 Å². The minimum absolute atomic E-state index is 0.108. The number of benzene rings is 1. The van der Waals surface area contributed by atoms with E-state index in [-0.39, 0.29) is 5.78 Å². The van der Waals surface area contributed by atoms with E-state index >= 15 is 0 Å². The minimum Gasteiger partial charge on any atom is -0.497 e. The van der Waals surface area contributed by atoms with Crippen molar-refractivity contribution in [3.05, 3.63) is 29.8 Å². The summed E-state index contributed by atoms with van der Waals surface area (Å²) in [5.74, 6) is 6.46.